The summed E-state index contributed by atoms with van der Waals surface area (Å²) in [6, 6.07) is 5.67. The van der Waals surface area contributed by atoms with Crippen molar-refractivity contribution in [1.29, 1.82) is 0 Å². The average Bonchev–Trinajstić information content (AvgIpc) is 2.25. The van der Waals surface area contributed by atoms with Crippen molar-refractivity contribution in [3.63, 3.8) is 0 Å². The third-order valence-corrected chi connectivity index (χ3v) is 2.70. The fourth-order valence-corrected chi connectivity index (χ4v) is 1.62. The first-order valence-corrected chi connectivity index (χ1v) is 5.73. The largest absolute Gasteiger partial charge is 0.507 e. The molecule has 0 heterocycles. The fraction of sp³-hybridized carbons (Fsp3) is 0.333. The first-order valence-electron chi connectivity index (χ1n) is 5.73. The normalized spacial score (nSPS) is 10.1. The molecule has 1 N–H and O–H groups in total. The van der Waals surface area contributed by atoms with E-state index >= 15 is 0 Å². The van der Waals surface area contributed by atoms with Crippen LogP contribution in [0.3, 0.4) is 0 Å². The van der Waals surface area contributed by atoms with Crippen LogP contribution in [0.4, 0.5) is 0 Å². The van der Waals surface area contributed by atoms with E-state index in [9.17, 15) is 5.11 Å². The number of hydrogen-bond donors (Lipinski definition) is 1. The molecule has 0 aliphatic rings. The molecule has 0 unspecified atom stereocenters. The number of allylic oxidation sites excluding steroid dienone is 2. The van der Waals surface area contributed by atoms with Gasteiger partial charge in [0.15, 0.2) is 0 Å². The van der Waals surface area contributed by atoms with Crippen LogP contribution >= 0.6 is 0 Å². The van der Waals surface area contributed by atoms with Crippen molar-refractivity contribution >= 4 is 11.1 Å². The van der Waals surface area contributed by atoms with Gasteiger partial charge in [-0.3, -0.25) is 0 Å². The number of hydrogen-bond acceptors (Lipinski definition) is 1. The number of unbranched alkanes of at least 4 members (excludes halogenated alkanes) is 1. The van der Waals surface area contributed by atoms with Gasteiger partial charge in [0.1, 0.15) is 5.75 Å². The summed E-state index contributed by atoms with van der Waals surface area (Å²) in [6.07, 6.45) is 3.20. The summed E-state index contributed by atoms with van der Waals surface area (Å²) in [4.78, 5) is 0. The second-order valence-electron chi connectivity index (χ2n) is 4.22. The average molecular weight is 216 g/mol. The van der Waals surface area contributed by atoms with E-state index in [4.69, 9.17) is 0 Å². The Morgan fingerprint density at radius 3 is 2.50 bits per heavy atom. The van der Waals surface area contributed by atoms with Crippen molar-refractivity contribution in [3.05, 3.63) is 42.5 Å². The zero-order valence-electron chi connectivity index (χ0n) is 10.2. The standard InChI is InChI=1S/C15H20O/c1-5-6-7-12(4)14-9-8-13(11(2)3)10-15(14)16/h8-10,16H,2,4-7H2,1,3H3. The number of rotatable bonds is 5. The van der Waals surface area contributed by atoms with Crippen molar-refractivity contribution in [2.45, 2.75) is 33.1 Å². The lowest BCUT2D eigenvalue weighted by Crippen LogP contribution is -1.87. The summed E-state index contributed by atoms with van der Waals surface area (Å²) in [5.74, 6) is 0.307. The minimum Gasteiger partial charge on any atom is -0.507 e. The zero-order chi connectivity index (χ0) is 12.1. The number of benzene rings is 1. The first kappa shape index (κ1) is 12.6. The van der Waals surface area contributed by atoms with Crippen LogP contribution < -0.4 is 0 Å². The van der Waals surface area contributed by atoms with Crippen molar-refractivity contribution < 1.29 is 5.11 Å². The summed E-state index contributed by atoms with van der Waals surface area (Å²) in [7, 11) is 0. The Hall–Kier alpha value is -1.50. The Morgan fingerprint density at radius 2 is 2.00 bits per heavy atom. The van der Waals surface area contributed by atoms with Crippen LogP contribution in [0.1, 0.15) is 44.2 Å². The van der Waals surface area contributed by atoms with E-state index in [1.165, 1.54) is 0 Å². The highest BCUT2D eigenvalue weighted by Crippen LogP contribution is 2.29. The van der Waals surface area contributed by atoms with Gasteiger partial charge in [0.05, 0.1) is 0 Å². The molecule has 0 aliphatic carbocycles. The third kappa shape index (κ3) is 2.99. The van der Waals surface area contributed by atoms with Gasteiger partial charge >= 0.3 is 0 Å². The topological polar surface area (TPSA) is 20.2 Å². The van der Waals surface area contributed by atoms with E-state index in [1.807, 2.05) is 19.1 Å². The first-order chi connectivity index (χ1) is 7.56. The predicted octanol–water partition coefficient (Wildman–Crippen LogP) is 4.63. The van der Waals surface area contributed by atoms with Gasteiger partial charge < -0.3 is 5.11 Å². The Kier molecular flexibility index (Phi) is 4.36. The van der Waals surface area contributed by atoms with Gasteiger partial charge in [0, 0.05) is 5.56 Å². The summed E-state index contributed by atoms with van der Waals surface area (Å²) in [5.41, 5.74) is 3.80. The van der Waals surface area contributed by atoms with Gasteiger partial charge in [-0.25, -0.2) is 0 Å². The van der Waals surface area contributed by atoms with Gasteiger partial charge in [0.2, 0.25) is 0 Å². The molecular weight excluding hydrogens is 196 g/mol. The maximum Gasteiger partial charge on any atom is 0.123 e. The van der Waals surface area contributed by atoms with Gasteiger partial charge in [-0.05, 0) is 37.0 Å². The molecule has 0 spiro atoms. The van der Waals surface area contributed by atoms with Crippen LogP contribution in [0.25, 0.3) is 11.1 Å². The van der Waals surface area contributed by atoms with E-state index in [0.29, 0.717) is 5.75 Å². The van der Waals surface area contributed by atoms with Gasteiger partial charge in [0.25, 0.3) is 0 Å². The van der Waals surface area contributed by atoms with Crippen molar-refractivity contribution in [3.8, 4) is 5.75 Å². The molecule has 0 atom stereocenters. The summed E-state index contributed by atoms with van der Waals surface area (Å²) in [6.45, 7) is 12.0. The molecule has 0 radical (unpaired) electrons. The third-order valence-electron chi connectivity index (χ3n) is 2.70. The van der Waals surface area contributed by atoms with Crippen molar-refractivity contribution in [2.75, 3.05) is 0 Å². The summed E-state index contributed by atoms with van der Waals surface area (Å²) in [5, 5.41) is 9.91. The van der Waals surface area contributed by atoms with Crippen LogP contribution in [-0.2, 0) is 0 Å². The molecule has 1 rings (SSSR count). The fourth-order valence-electron chi connectivity index (χ4n) is 1.62. The Balaban J connectivity index is 2.90. The molecule has 0 aliphatic heterocycles. The van der Waals surface area contributed by atoms with Crippen LogP contribution in [0.5, 0.6) is 5.75 Å². The lowest BCUT2D eigenvalue weighted by Gasteiger charge is -2.09. The number of phenols is 1. The maximum atomic E-state index is 9.91. The maximum absolute atomic E-state index is 9.91. The summed E-state index contributed by atoms with van der Waals surface area (Å²) >= 11 is 0. The molecule has 86 valence electrons. The van der Waals surface area contributed by atoms with Crippen LogP contribution in [0.2, 0.25) is 0 Å². The molecular formula is C15H20O. The monoisotopic (exact) mass is 216 g/mol. The highest BCUT2D eigenvalue weighted by atomic mass is 16.3. The molecule has 0 saturated carbocycles. The van der Waals surface area contributed by atoms with E-state index in [1.54, 1.807) is 6.07 Å². The quantitative estimate of drug-likeness (QED) is 0.761. The smallest absolute Gasteiger partial charge is 0.123 e. The second-order valence-corrected chi connectivity index (χ2v) is 4.22. The molecule has 1 nitrogen and oxygen atoms in total. The minimum atomic E-state index is 0.307. The number of aromatic hydroxyl groups is 1. The van der Waals surface area contributed by atoms with Gasteiger partial charge in [-0.2, -0.15) is 0 Å². The van der Waals surface area contributed by atoms with Gasteiger partial charge in [-0.1, -0.05) is 44.2 Å². The second kappa shape index (κ2) is 5.55. The lowest BCUT2D eigenvalue weighted by molar-refractivity contribution is 0.473. The molecule has 0 aromatic heterocycles. The SMILES string of the molecule is C=C(C)c1ccc(C(=C)CCCC)c(O)c1. The van der Waals surface area contributed by atoms with Crippen LogP contribution in [0, 0.1) is 0 Å². The van der Waals surface area contributed by atoms with Crippen molar-refractivity contribution in [2.24, 2.45) is 0 Å². The molecule has 1 aromatic carbocycles. The van der Waals surface area contributed by atoms with Gasteiger partial charge in [-0.15, -0.1) is 0 Å². The molecule has 0 bridgehead atoms. The molecule has 16 heavy (non-hydrogen) atoms. The molecule has 1 heteroatoms. The molecule has 0 saturated heterocycles. The zero-order valence-corrected chi connectivity index (χ0v) is 10.2. The molecule has 0 fully saturated rings. The minimum absolute atomic E-state index is 0.307. The Labute approximate surface area is 98.1 Å². The Bertz CT molecular complexity index is 402. The Morgan fingerprint density at radius 1 is 1.31 bits per heavy atom. The molecule has 1 aromatic rings. The number of phenolic OH excluding ortho intramolecular Hbond substituents is 1. The predicted molar refractivity (Wildman–Crippen MR) is 71.4 cm³/mol. The van der Waals surface area contributed by atoms with Crippen molar-refractivity contribution in [1.82, 2.24) is 0 Å². The molecule has 0 amide bonds. The highest BCUT2D eigenvalue weighted by molar-refractivity contribution is 5.72. The van der Waals surface area contributed by atoms with E-state index in [-0.39, 0.29) is 0 Å². The van der Waals surface area contributed by atoms with Crippen LogP contribution in [0.15, 0.2) is 31.4 Å². The van der Waals surface area contributed by atoms with E-state index in [0.717, 1.165) is 41.5 Å². The lowest BCUT2D eigenvalue weighted by atomic mass is 9.98. The van der Waals surface area contributed by atoms with Crippen LogP contribution in [-0.4, -0.2) is 5.11 Å². The summed E-state index contributed by atoms with van der Waals surface area (Å²) < 4.78 is 0. The highest BCUT2D eigenvalue weighted by Gasteiger charge is 2.06. The van der Waals surface area contributed by atoms with E-state index in [2.05, 4.69) is 20.1 Å². The van der Waals surface area contributed by atoms with E-state index < -0.39 is 0 Å².